The summed E-state index contributed by atoms with van der Waals surface area (Å²) in [6, 6.07) is 7.86. The monoisotopic (exact) mass is 330 g/mol. The first-order valence-corrected chi connectivity index (χ1v) is 8.03. The van der Waals surface area contributed by atoms with E-state index in [0.717, 1.165) is 12.0 Å². The normalized spacial score (nSPS) is 10.6. The molecule has 0 saturated carbocycles. The Hall–Kier alpha value is -0.900. The van der Waals surface area contributed by atoms with E-state index in [1.54, 1.807) is 24.5 Å². The Morgan fingerprint density at radius 1 is 1.20 bits per heavy atom. The van der Waals surface area contributed by atoms with Crippen molar-refractivity contribution in [1.82, 2.24) is 0 Å². The minimum absolute atomic E-state index is 0.390. The first kappa shape index (κ1) is 15.5. The highest BCUT2D eigenvalue weighted by Crippen LogP contribution is 2.37. The highest BCUT2D eigenvalue weighted by atomic mass is 35.5. The summed E-state index contributed by atoms with van der Waals surface area (Å²) >= 11 is 13.8. The molecule has 1 heterocycles. The molecule has 2 aromatic rings. The Kier molecular flexibility index (Phi) is 5.58. The predicted molar refractivity (Wildman–Crippen MR) is 85.6 cm³/mol. The molecule has 0 radical (unpaired) electrons. The van der Waals surface area contributed by atoms with Gasteiger partial charge in [0.25, 0.3) is 0 Å². The average Bonchev–Trinajstić information content (AvgIpc) is 2.93. The first-order valence-electron chi connectivity index (χ1n) is 6.30. The van der Waals surface area contributed by atoms with Gasteiger partial charge in [-0.1, -0.05) is 18.5 Å². The van der Waals surface area contributed by atoms with Crippen molar-refractivity contribution in [2.24, 2.45) is 0 Å². The van der Waals surface area contributed by atoms with Crippen LogP contribution in [0.4, 0.5) is 0 Å². The van der Waals surface area contributed by atoms with Crippen LogP contribution in [0.5, 0.6) is 11.5 Å². The molecule has 2 rings (SSSR count). The molecule has 0 aliphatic rings. The Morgan fingerprint density at radius 3 is 2.55 bits per heavy atom. The molecule has 0 N–H and O–H groups in total. The van der Waals surface area contributed by atoms with Crippen molar-refractivity contribution in [3.63, 3.8) is 0 Å². The summed E-state index contributed by atoms with van der Waals surface area (Å²) in [5.41, 5.74) is 0.908. The molecule has 0 spiro atoms. The number of halogens is 2. The van der Waals surface area contributed by atoms with Crippen molar-refractivity contribution < 1.29 is 9.47 Å². The molecule has 0 saturated heterocycles. The van der Waals surface area contributed by atoms with Gasteiger partial charge in [-0.15, -0.1) is 22.9 Å². The number of aryl methyl sites for hydroxylation is 1. The molecular formula is C15H16Cl2O2S. The standard InChI is InChI=1S/C15H16Cl2O2S/c1-3-11-4-5-12(20-11)9-19-15-13(17)6-10(8-16)7-14(15)18-2/h4-7H,3,8-9H2,1-2H3. The number of rotatable bonds is 6. The molecule has 0 aliphatic heterocycles. The van der Waals surface area contributed by atoms with Crippen molar-refractivity contribution in [3.8, 4) is 11.5 Å². The number of alkyl halides is 1. The van der Waals surface area contributed by atoms with E-state index in [1.807, 2.05) is 6.07 Å². The Morgan fingerprint density at radius 2 is 1.95 bits per heavy atom. The van der Waals surface area contributed by atoms with Crippen molar-refractivity contribution in [3.05, 3.63) is 44.6 Å². The summed E-state index contributed by atoms with van der Waals surface area (Å²) in [6.45, 7) is 2.63. The van der Waals surface area contributed by atoms with Crippen LogP contribution in [0.1, 0.15) is 22.2 Å². The summed E-state index contributed by atoms with van der Waals surface area (Å²) in [7, 11) is 1.59. The lowest BCUT2D eigenvalue weighted by Crippen LogP contribution is -1.98. The predicted octanol–water partition coefficient (Wildman–Crippen LogP) is 5.29. The second kappa shape index (κ2) is 7.21. The van der Waals surface area contributed by atoms with Crippen LogP contribution in [-0.2, 0) is 18.9 Å². The Balaban J connectivity index is 2.16. The average molecular weight is 331 g/mol. The van der Waals surface area contributed by atoms with Crippen LogP contribution in [-0.4, -0.2) is 7.11 Å². The molecule has 0 amide bonds. The molecule has 0 unspecified atom stereocenters. The van der Waals surface area contributed by atoms with Crippen molar-refractivity contribution in [2.75, 3.05) is 7.11 Å². The van der Waals surface area contributed by atoms with Crippen LogP contribution in [0.2, 0.25) is 5.02 Å². The summed E-state index contributed by atoms with van der Waals surface area (Å²) < 4.78 is 11.1. The van der Waals surface area contributed by atoms with Gasteiger partial charge in [0.15, 0.2) is 11.5 Å². The third kappa shape index (κ3) is 3.60. The van der Waals surface area contributed by atoms with Crippen molar-refractivity contribution >= 4 is 34.5 Å². The lowest BCUT2D eigenvalue weighted by atomic mass is 10.2. The molecule has 1 aromatic heterocycles. The van der Waals surface area contributed by atoms with Gasteiger partial charge in [0, 0.05) is 15.6 Å². The zero-order chi connectivity index (χ0) is 14.5. The van der Waals surface area contributed by atoms with Crippen LogP contribution in [0.25, 0.3) is 0 Å². The van der Waals surface area contributed by atoms with E-state index in [4.69, 9.17) is 32.7 Å². The minimum Gasteiger partial charge on any atom is -0.493 e. The van der Waals surface area contributed by atoms with E-state index in [1.165, 1.54) is 9.75 Å². The quantitative estimate of drug-likeness (QED) is 0.670. The zero-order valence-corrected chi connectivity index (χ0v) is 13.7. The molecule has 0 fully saturated rings. The maximum atomic E-state index is 6.23. The first-order chi connectivity index (χ1) is 9.67. The van der Waals surface area contributed by atoms with E-state index < -0.39 is 0 Å². The van der Waals surface area contributed by atoms with Gasteiger partial charge >= 0.3 is 0 Å². The lowest BCUT2D eigenvalue weighted by Gasteiger charge is -2.13. The zero-order valence-electron chi connectivity index (χ0n) is 11.4. The van der Waals surface area contributed by atoms with Gasteiger partial charge in [-0.05, 0) is 36.2 Å². The highest BCUT2D eigenvalue weighted by Gasteiger charge is 2.12. The van der Waals surface area contributed by atoms with E-state index in [-0.39, 0.29) is 0 Å². The summed E-state index contributed by atoms with van der Waals surface area (Å²) in [5, 5.41) is 0.521. The number of methoxy groups -OCH3 is 1. The number of hydrogen-bond acceptors (Lipinski definition) is 3. The molecule has 0 bridgehead atoms. The van der Waals surface area contributed by atoms with Crippen molar-refractivity contribution in [1.29, 1.82) is 0 Å². The van der Waals surface area contributed by atoms with Crippen molar-refractivity contribution in [2.45, 2.75) is 25.8 Å². The van der Waals surface area contributed by atoms with Gasteiger partial charge < -0.3 is 9.47 Å². The molecule has 2 nitrogen and oxygen atoms in total. The Bertz CT molecular complexity index is 581. The van der Waals surface area contributed by atoms with Gasteiger partial charge in [-0.25, -0.2) is 0 Å². The van der Waals surface area contributed by atoms with Crippen LogP contribution in [0.3, 0.4) is 0 Å². The molecular weight excluding hydrogens is 315 g/mol. The summed E-state index contributed by atoms with van der Waals surface area (Å²) in [5.74, 6) is 1.57. The second-order valence-corrected chi connectivity index (χ2v) is 6.18. The van der Waals surface area contributed by atoms with Crippen LogP contribution >= 0.6 is 34.5 Å². The van der Waals surface area contributed by atoms with Gasteiger partial charge in [-0.3, -0.25) is 0 Å². The van der Waals surface area contributed by atoms with E-state index in [9.17, 15) is 0 Å². The van der Waals surface area contributed by atoms with Crippen LogP contribution in [0, 0.1) is 0 Å². The van der Waals surface area contributed by atoms with Gasteiger partial charge in [0.2, 0.25) is 0 Å². The van der Waals surface area contributed by atoms with E-state index >= 15 is 0 Å². The number of thiophene rings is 1. The fraction of sp³-hybridized carbons (Fsp3) is 0.333. The van der Waals surface area contributed by atoms with E-state index in [2.05, 4.69) is 19.1 Å². The van der Waals surface area contributed by atoms with E-state index in [0.29, 0.717) is 29.0 Å². The van der Waals surface area contributed by atoms with Gasteiger partial charge in [0.05, 0.1) is 12.1 Å². The minimum atomic E-state index is 0.390. The van der Waals surface area contributed by atoms with Gasteiger partial charge in [-0.2, -0.15) is 0 Å². The third-order valence-corrected chi connectivity index (χ3v) is 4.66. The molecule has 108 valence electrons. The smallest absolute Gasteiger partial charge is 0.180 e. The SMILES string of the molecule is CCc1ccc(COc2c(Cl)cc(CCl)cc2OC)s1. The fourth-order valence-electron chi connectivity index (χ4n) is 1.82. The molecule has 5 heteroatoms. The molecule has 20 heavy (non-hydrogen) atoms. The molecule has 0 atom stereocenters. The van der Waals surface area contributed by atoms with Crippen LogP contribution < -0.4 is 9.47 Å². The largest absolute Gasteiger partial charge is 0.493 e. The Labute approximate surface area is 133 Å². The van der Waals surface area contributed by atoms with Crippen LogP contribution in [0.15, 0.2) is 24.3 Å². The number of hydrogen-bond donors (Lipinski definition) is 0. The summed E-state index contributed by atoms with van der Waals surface area (Å²) in [4.78, 5) is 2.51. The second-order valence-electron chi connectivity index (χ2n) is 4.25. The maximum Gasteiger partial charge on any atom is 0.180 e. The topological polar surface area (TPSA) is 18.5 Å². The van der Waals surface area contributed by atoms with Gasteiger partial charge in [0.1, 0.15) is 6.61 Å². The maximum absolute atomic E-state index is 6.23. The molecule has 1 aromatic carbocycles. The lowest BCUT2D eigenvalue weighted by molar-refractivity contribution is 0.287. The number of benzene rings is 1. The summed E-state index contributed by atoms with van der Waals surface area (Å²) in [6.07, 6.45) is 1.04. The fourth-order valence-corrected chi connectivity index (χ4v) is 3.14. The molecule has 0 aliphatic carbocycles. The number of ether oxygens (including phenoxy) is 2. The highest BCUT2D eigenvalue weighted by molar-refractivity contribution is 7.11. The third-order valence-electron chi connectivity index (χ3n) is 2.87.